The lowest BCUT2D eigenvalue weighted by atomic mass is 10.1. The van der Waals surface area contributed by atoms with Gasteiger partial charge in [-0.1, -0.05) is 13.8 Å². The molecule has 0 radical (unpaired) electrons. The van der Waals surface area contributed by atoms with Gasteiger partial charge in [-0.2, -0.15) is 5.26 Å². The minimum atomic E-state index is -0.218. The molecule has 1 aliphatic carbocycles. The smallest absolute Gasteiger partial charge is 0.222 e. The normalized spacial score (nSPS) is 18.5. The van der Waals surface area contributed by atoms with Crippen LogP contribution >= 0.6 is 0 Å². The van der Waals surface area contributed by atoms with Crippen LogP contribution in [0.5, 0.6) is 0 Å². The Bertz CT molecular complexity index is 223. The molecular formula is C9H14N2O. The average Bonchev–Trinajstić information content (AvgIpc) is 2.81. The summed E-state index contributed by atoms with van der Waals surface area (Å²) in [5, 5.41) is 11.5. The zero-order chi connectivity index (χ0) is 9.19. The summed E-state index contributed by atoms with van der Waals surface area (Å²) in [6.45, 7) is 4.23. The summed E-state index contributed by atoms with van der Waals surface area (Å²) in [7, 11) is 0. The minimum absolute atomic E-state index is 0.0134. The van der Waals surface area contributed by atoms with Crippen molar-refractivity contribution in [3.05, 3.63) is 0 Å². The van der Waals surface area contributed by atoms with Gasteiger partial charge in [0, 0.05) is 12.5 Å². The van der Waals surface area contributed by atoms with Gasteiger partial charge in [0.2, 0.25) is 5.91 Å². The van der Waals surface area contributed by atoms with E-state index in [-0.39, 0.29) is 17.2 Å². The quantitative estimate of drug-likeness (QED) is 0.681. The molecule has 0 aromatic carbocycles. The van der Waals surface area contributed by atoms with Gasteiger partial charge in [-0.25, -0.2) is 0 Å². The number of nitrogens with one attached hydrogen (secondary N) is 1. The van der Waals surface area contributed by atoms with E-state index in [1.165, 1.54) is 0 Å². The Morgan fingerprint density at radius 1 is 1.67 bits per heavy atom. The van der Waals surface area contributed by atoms with Crippen LogP contribution in [-0.2, 0) is 4.79 Å². The first-order chi connectivity index (χ1) is 5.59. The first-order valence-corrected chi connectivity index (χ1v) is 4.29. The van der Waals surface area contributed by atoms with Crippen molar-refractivity contribution in [2.45, 2.75) is 26.7 Å². The van der Waals surface area contributed by atoms with Crippen molar-refractivity contribution in [1.82, 2.24) is 5.32 Å². The molecule has 0 spiro atoms. The molecule has 1 N–H and O–H groups in total. The van der Waals surface area contributed by atoms with E-state index in [2.05, 4.69) is 11.4 Å². The van der Waals surface area contributed by atoms with Crippen LogP contribution in [0.15, 0.2) is 0 Å². The summed E-state index contributed by atoms with van der Waals surface area (Å²) in [5.41, 5.74) is -0.218. The van der Waals surface area contributed by atoms with E-state index in [0.29, 0.717) is 6.54 Å². The molecule has 0 atom stereocenters. The molecule has 0 unspecified atom stereocenters. The Labute approximate surface area is 72.8 Å². The monoisotopic (exact) mass is 166 g/mol. The van der Waals surface area contributed by atoms with Crippen molar-refractivity contribution in [1.29, 1.82) is 5.26 Å². The van der Waals surface area contributed by atoms with Crippen LogP contribution in [0.25, 0.3) is 0 Å². The van der Waals surface area contributed by atoms with Crippen LogP contribution in [0.1, 0.15) is 26.7 Å². The number of carbonyl (C=O) groups is 1. The van der Waals surface area contributed by atoms with Crippen molar-refractivity contribution in [3.63, 3.8) is 0 Å². The SMILES string of the molecule is CC(C)C(=O)NCC1(C#N)CC1. The van der Waals surface area contributed by atoms with E-state index in [9.17, 15) is 4.79 Å². The number of hydrogen-bond donors (Lipinski definition) is 1. The van der Waals surface area contributed by atoms with Gasteiger partial charge in [-0.05, 0) is 12.8 Å². The molecule has 0 aromatic heterocycles. The number of nitriles is 1. The summed E-state index contributed by atoms with van der Waals surface area (Å²) >= 11 is 0. The van der Waals surface area contributed by atoms with E-state index >= 15 is 0 Å². The standard InChI is InChI=1S/C9H14N2O/c1-7(2)8(12)11-6-9(5-10)3-4-9/h7H,3-4,6H2,1-2H3,(H,11,12). The summed E-state index contributed by atoms with van der Waals surface area (Å²) in [6, 6.07) is 2.23. The highest BCUT2D eigenvalue weighted by molar-refractivity contribution is 5.77. The maximum absolute atomic E-state index is 11.1. The zero-order valence-corrected chi connectivity index (χ0v) is 7.55. The molecule has 1 rings (SSSR count). The van der Waals surface area contributed by atoms with Crippen molar-refractivity contribution in [2.24, 2.45) is 11.3 Å². The Kier molecular flexibility index (Phi) is 2.37. The lowest BCUT2D eigenvalue weighted by molar-refractivity contribution is -0.124. The molecule has 0 heterocycles. The Balaban J connectivity index is 2.27. The molecule has 3 nitrogen and oxygen atoms in total. The minimum Gasteiger partial charge on any atom is -0.354 e. The van der Waals surface area contributed by atoms with Crippen LogP contribution in [0, 0.1) is 22.7 Å². The van der Waals surface area contributed by atoms with E-state index < -0.39 is 0 Å². The fourth-order valence-electron chi connectivity index (χ4n) is 0.939. The highest BCUT2D eigenvalue weighted by atomic mass is 16.1. The topological polar surface area (TPSA) is 52.9 Å². The Morgan fingerprint density at radius 3 is 2.58 bits per heavy atom. The summed E-state index contributed by atoms with van der Waals surface area (Å²) in [4.78, 5) is 11.1. The van der Waals surface area contributed by atoms with Crippen LogP contribution in [0.4, 0.5) is 0 Å². The first kappa shape index (κ1) is 9.05. The third-order valence-corrected chi connectivity index (χ3v) is 2.22. The van der Waals surface area contributed by atoms with Gasteiger partial charge in [-0.15, -0.1) is 0 Å². The molecule has 1 fully saturated rings. The van der Waals surface area contributed by atoms with Gasteiger partial charge < -0.3 is 5.32 Å². The number of carbonyl (C=O) groups excluding carboxylic acids is 1. The molecule has 1 aliphatic rings. The molecular weight excluding hydrogens is 152 g/mol. The van der Waals surface area contributed by atoms with Crippen molar-refractivity contribution < 1.29 is 4.79 Å². The fraction of sp³-hybridized carbons (Fsp3) is 0.778. The van der Waals surface area contributed by atoms with E-state index in [1.54, 1.807) is 0 Å². The van der Waals surface area contributed by atoms with Crippen molar-refractivity contribution >= 4 is 5.91 Å². The summed E-state index contributed by atoms with van der Waals surface area (Å²) in [6.07, 6.45) is 1.86. The van der Waals surface area contributed by atoms with Crippen LogP contribution < -0.4 is 5.32 Å². The average molecular weight is 166 g/mol. The number of rotatable bonds is 3. The van der Waals surface area contributed by atoms with Crippen LogP contribution in [-0.4, -0.2) is 12.5 Å². The molecule has 12 heavy (non-hydrogen) atoms. The molecule has 0 bridgehead atoms. The van der Waals surface area contributed by atoms with Crippen molar-refractivity contribution in [2.75, 3.05) is 6.54 Å². The zero-order valence-electron chi connectivity index (χ0n) is 7.55. The molecule has 1 saturated carbocycles. The first-order valence-electron chi connectivity index (χ1n) is 4.29. The molecule has 1 amide bonds. The Morgan fingerprint density at radius 2 is 2.25 bits per heavy atom. The van der Waals surface area contributed by atoms with Gasteiger partial charge in [0.15, 0.2) is 0 Å². The van der Waals surface area contributed by atoms with E-state index in [4.69, 9.17) is 5.26 Å². The molecule has 0 saturated heterocycles. The number of amides is 1. The molecule has 3 heteroatoms. The van der Waals surface area contributed by atoms with Crippen LogP contribution in [0.2, 0.25) is 0 Å². The highest BCUT2D eigenvalue weighted by Crippen LogP contribution is 2.43. The van der Waals surface area contributed by atoms with E-state index in [0.717, 1.165) is 12.8 Å². The largest absolute Gasteiger partial charge is 0.354 e. The van der Waals surface area contributed by atoms with Gasteiger partial charge in [0.25, 0.3) is 0 Å². The lowest BCUT2D eigenvalue weighted by Gasteiger charge is -2.09. The highest BCUT2D eigenvalue weighted by Gasteiger charge is 2.43. The lowest BCUT2D eigenvalue weighted by Crippen LogP contribution is -2.32. The summed E-state index contributed by atoms with van der Waals surface area (Å²) < 4.78 is 0. The Hall–Kier alpha value is -1.04. The van der Waals surface area contributed by atoms with Crippen molar-refractivity contribution in [3.8, 4) is 6.07 Å². The molecule has 0 aliphatic heterocycles. The second-order valence-corrected chi connectivity index (χ2v) is 3.76. The fourth-order valence-corrected chi connectivity index (χ4v) is 0.939. The van der Waals surface area contributed by atoms with Gasteiger partial charge in [0.05, 0.1) is 11.5 Å². The number of nitrogens with zero attached hydrogens (tertiary/aromatic N) is 1. The predicted octanol–water partition coefficient (Wildman–Crippen LogP) is 1.06. The van der Waals surface area contributed by atoms with Crippen LogP contribution in [0.3, 0.4) is 0 Å². The van der Waals surface area contributed by atoms with Gasteiger partial charge in [-0.3, -0.25) is 4.79 Å². The van der Waals surface area contributed by atoms with E-state index in [1.807, 2.05) is 13.8 Å². The molecule has 0 aromatic rings. The third kappa shape index (κ3) is 1.97. The maximum Gasteiger partial charge on any atom is 0.222 e. The van der Waals surface area contributed by atoms with Gasteiger partial charge >= 0.3 is 0 Å². The summed E-state index contributed by atoms with van der Waals surface area (Å²) in [5.74, 6) is 0.0519. The predicted molar refractivity (Wildman–Crippen MR) is 45.1 cm³/mol. The molecule has 66 valence electrons. The number of hydrogen-bond acceptors (Lipinski definition) is 2. The second kappa shape index (κ2) is 3.14. The van der Waals surface area contributed by atoms with Gasteiger partial charge in [0.1, 0.15) is 0 Å². The second-order valence-electron chi connectivity index (χ2n) is 3.76. The maximum atomic E-state index is 11.1. The third-order valence-electron chi connectivity index (χ3n) is 2.22.